The summed E-state index contributed by atoms with van der Waals surface area (Å²) in [6, 6.07) is 13.8. The van der Waals surface area contributed by atoms with Crippen LogP contribution in [0.25, 0.3) is 0 Å². The molecular formula is C41H44ClF5N4. The second-order valence-corrected chi connectivity index (χ2v) is 14.5. The van der Waals surface area contributed by atoms with Crippen LogP contribution in [0.2, 0.25) is 5.02 Å². The number of para-hydroxylation sites is 1. The maximum atomic E-state index is 15.7. The van der Waals surface area contributed by atoms with E-state index in [1.54, 1.807) is 24.0 Å². The van der Waals surface area contributed by atoms with E-state index < -0.39 is 40.5 Å². The highest BCUT2D eigenvalue weighted by atomic mass is 35.5. The Balaban J connectivity index is 1.77. The molecule has 1 aliphatic rings. The molecule has 0 aliphatic carbocycles. The molecule has 1 heterocycles. The molecule has 1 aliphatic heterocycles. The van der Waals surface area contributed by atoms with Crippen LogP contribution in [0.3, 0.4) is 0 Å². The third-order valence-electron chi connectivity index (χ3n) is 9.31. The van der Waals surface area contributed by atoms with Crippen LogP contribution in [0.1, 0.15) is 96.0 Å². The van der Waals surface area contributed by atoms with Crippen LogP contribution >= 0.6 is 11.6 Å². The lowest BCUT2D eigenvalue weighted by molar-refractivity contribution is 0.213. The fraction of sp³-hybridized carbons (Fsp3) is 0.366. The average molecular weight is 723 g/mol. The van der Waals surface area contributed by atoms with Gasteiger partial charge in [0.05, 0.1) is 28.6 Å². The van der Waals surface area contributed by atoms with Crippen LogP contribution < -0.4 is 0 Å². The molecule has 4 nitrogen and oxygen atoms in total. The Labute approximate surface area is 302 Å². The van der Waals surface area contributed by atoms with Crippen LogP contribution in [0.15, 0.2) is 52.4 Å². The molecule has 51 heavy (non-hydrogen) atoms. The van der Waals surface area contributed by atoms with Crippen molar-refractivity contribution in [1.29, 1.82) is 0 Å². The maximum absolute atomic E-state index is 15.7. The summed E-state index contributed by atoms with van der Waals surface area (Å²) in [5.74, 6) is -9.69. The van der Waals surface area contributed by atoms with Crippen molar-refractivity contribution in [2.75, 3.05) is 19.8 Å². The predicted molar refractivity (Wildman–Crippen MR) is 198 cm³/mol. The van der Waals surface area contributed by atoms with Crippen molar-refractivity contribution >= 4 is 34.6 Å². The second-order valence-electron chi connectivity index (χ2n) is 14.1. The number of halogens is 6. The number of hydrogen-bond donors (Lipinski definition) is 0. The van der Waals surface area contributed by atoms with E-state index in [2.05, 4.69) is 57.0 Å². The van der Waals surface area contributed by atoms with E-state index in [0.717, 1.165) is 44.6 Å². The molecule has 0 unspecified atom stereocenters. The molecule has 4 aromatic carbocycles. The molecule has 10 heteroatoms. The SMILES string of the molecule is Cc1cc(C)c(C(=Nc2c(C(C)C)cccc2C(C)C)N2CCCN(C(=Nc3c(C)cc(C)cc3Cl)c3c(F)c(F)c(F)c(F)c3F)C2)c(C)c1. The number of hydrogen-bond acceptors (Lipinski definition) is 2. The lowest BCUT2D eigenvalue weighted by atomic mass is 9.92. The average Bonchev–Trinajstić information content (AvgIpc) is 3.06. The largest absolute Gasteiger partial charge is 0.338 e. The van der Waals surface area contributed by atoms with E-state index in [-0.39, 0.29) is 35.8 Å². The van der Waals surface area contributed by atoms with Gasteiger partial charge >= 0.3 is 0 Å². The van der Waals surface area contributed by atoms with Crippen molar-refractivity contribution in [3.8, 4) is 0 Å². The highest BCUT2D eigenvalue weighted by Gasteiger charge is 2.34. The molecule has 0 N–H and O–H groups in total. The van der Waals surface area contributed by atoms with Crippen molar-refractivity contribution in [2.24, 2.45) is 9.98 Å². The zero-order valence-corrected chi connectivity index (χ0v) is 31.3. The summed E-state index contributed by atoms with van der Waals surface area (Å²) < 4.78 is 75.2. The summed E-state index contributed by atoms with van der Waals surface area (Å²) in [6.45, 7) is 18.8. The van der Waals surface area contributed by atoms with Gasteiger partial charge < -0.3 is 9.80 Å². The molecule has 0 amide bonds. The quantitative estimate of drug-likeness (QED) is 0.0652. The van der Waals surface area contributed by atoms with Crippen LogP contribution in [-0.2, 0) is 0 Å². The van der Waals surface area contributed by atoms with Gasteiger partial charge in [0.2, 0.25) is 5.82 Å². The summed E-state index contributed by atoms with van der Waals surface area (Å²) >= 11 is 6.60. The molecular weight excluding hydrogens is 679 g/mol. The van der Waals surface area contributed by atoms with E-state index in [0.29, 0.717) is 24.4 Å². The van der Waals surface area contributed by atoms with Gasteiger partial charge in [0.1, 0.15) is 11.7 Å². The number of amidine groups is 2. The van der Waals surface area contributed by atoms with Gasteiger partial charge in [0.15, 0.2) is 23.3 Å². The Bertz CT molecular complexity index is 1950. The maximum Gasteiger partial charge on any atom is 0.200 e. The zero-order valence-electron chi connectivity index (χ0n) is 30.6. The van der Waals surface area contributed by atoms with E-state index in [9.17, 15) is 13.2 Å². The smallest absolute Gasteiger partial charge is 0.200 e. The van der Waals surface area contributed by atoms with Crippen LogP contribution in [0, 0.1) is 63.7 Å². The summed E-state index contributed by atoms with van der Waals surface area (Å²) in [7, 11) is 0. The third kappa shape index (κ3) is 7.55. The van der Waals surface area contributed by atoms with Gasteiger partial charge in [0.25, 0.3) is 0 Å². The van der Waals surface area contributed by atoms with Gasteiger partial charge in [-0.25, -0.2) is 31.9 Å². The van der Waals surface area contributed by atoms with Crippen molar-refractivity contribution in [1.82, 2.24) is 9.80 Å². The second kappa shape index (κ2) is 15.2. The number of rotatable bonds is 6. The highest BCUT2D eigenvalue weighted by molar-refractivity contribution is 6.33. The molecule has 0 bridgehead atoms. The van der Waals surface area contributed by atoms with E-state index in [1.807, 2.05) is 38.7 Å². The molecule has 1 fully saturated rings. The normalized spacial score (nSPS) is 14.4. The van der Waals surface area contributed by atoms with E-state index in [4.69, 9.17) is 16.6 Å². The third-order valence-corrected chi connectivity index (χ3v) is 9.59. The molecule has 0 spiro atoms. The van der Waals surface area contributed by atoms with Gasteiger partial charge in [0, 0.05) is 18.7 Å². The molecule has 0 atom stereocenters. The van der Waals surface area contributed by atoms with Crippen molar-refractivity contribution in [2.45, 2.75) is 80.6 Å². The van der Waals surface area contributed by atoms with E-state index >= 15 is 8.78 Å². The first-order valence-electron chi connectivity index (χ1n) is 17.2. The lowest BCUT2D eigenvalue weighted by Crippen LogP contribution is -2.51. The van der Waals surface area contributed by atoms with Crippen molar-refractivity contribution < 1.29 is 22.0 Å². The summed E-state index contributed by atoms with van der Waals surface area (Å²) in [5, 5.41) is 0.183. The number of nitrogens with zero attached hydrogens (tertiary/aromatic N) is 4. The Morgan fingerprint density at radius 1 is 0.608 bits per heavy atom. The predicted octanol–water partition coefficient (Wildman–Crippen LogP) is 11.6. The van der Waals surface area contributed by atoms with Crippen LogP contribution in [0.5, 0.6) is 0 Å². The summed E-state index contributed by atoms with van der Waals surface area (Å²) in [6.07, 6.45) is 0.473. The van der Waals surface area contributed by atoms with Crippen molar-refractivity contribution in [3.63, 3.8) is 0 Å². The molecule has 5 rings (SSSR count). The molecule has 0 saturated carbocycles. The first-order chi connectivity index (χ1) is 24.0. The minimum absolute atomic E-state index is 0.00664. The first kappa shape index (κ1) is 38.0. The lowest BCUT2D eigenvalue weighted by Gasteiger charge is -2.40. The standard InChI is InChI=1S/C41H44ClF5N4/c1-21(2)28-12-10-13-29(22(3)4)39(28)49-40(31-25(7)16-23(5)17-26(31)8)50-14-11-15-51(20-50)41(48-38-27(9)18-24(6)19-30(38)42)32-33(43)35(45)37(47)36(46)34(32)44/h10,12-13,16-19,21-22H,11,14-15,20H2,1-9H3. The van der Waals surface area contributed by atoms with Crippen molar-refractivity contribution in [3.05, 3.63) is 127 Å². The number of benzene rings is 4. The molecule has 1 saturated heterocycles. The number of aryl methyl sites for hydroxylation is 5. The van der Waals surface area contributed by atoms with Crippen LogP contribution in [-0.4, -0.2) is 41.2 Å². The summed E-state index contributed by atoms with van der Waals surface area (Å²) in [4.78, 5) is 13.6. The minimum atomic E-state index is -2.23. The van der Waals surface area contributed by atoms with E-state index in [1.165, 1.54) is 0 Å². The number of aliphatic imine (C=N–C) groups is 2. The molecule has 0 radical (unpaired) electrons. The topological polar surface area (TPSA) is 31.2 Å². The highest BCUT2D eigenvalue weighted by Crippen LogP contribution is 2.37. The fourth-order valence-electron chi connectivity index (χ4n) is 6.95. The van der Waals surface area contributed by atoms with Gasteiger partial charge in [-0.2, -0.15) is 0 Å². The Morgan fingerprint density at radius 2 is 1.04 bits per heavy atom. The monoisotopic (exact) mass is 722 g/mol. The Morgan fingerprint density at radius 3 is 1.53 bits per heavy atom. The summed E-state index contributed by atoms with van der Waals surface area (Å²) in [5.41, 5.74) is 7.44. The molecule has 4 aromatic rings. The van der Waals surface area contributed by atoms with Gasteiger partial charge in [-0.3, -0.25) is 0 Å². The molecule has 0 aromatic heterocycles. The zero-order chi connectivity index (χ0) is 37.5. The van der Waals surface area contributed by atoms with Crippen LogP contribution in [0.4, 0.5) is 33.3 Å². The Hall–Kier alpha value is -4.24. The fourth-order valence-corrected chi connectivity index (χ4v) is 7.31. The Kier molecular flexibility index (Phi) is 11.3. The van der Waals surface area contributed by atoms with Gasteiger partial charge in [-0.15, -0.1) is 0 Å². The molecule has 270 valence electrons. The first-order valence-corrected chi connectivity index (χ1v) is 17.6. The van der Waals surface area contributed by atoms with Gasteiger partial charge in [-0.05, 0) is 92.3 Å². The van der Waals surface area contributed by atoms with Gasteiger partial charge in [-0.1, -0.05) is 81.3 Å². The minimum Gasteiger partial charge on any atom is -0.338 e.